The van der Waals surface area contributed by atoms with E-state index in [1.54, 1.807) is 6.08 Å². The summed E-state index contributed by atoms with van der Waals surface area (Å²) in [7, 11) is -5.14. The van der Waals surface area contributed by atoms with Gasteiger partial charge in [0.25, 0.3) is 0 Å². The van der Waals surface area contributed by atoms with Gasteiger partial charge in [-0.1, -0.05) is 219 Å². The number of phosphoric acid groups is 1. The van der Waals surface area contributed by atoms with Gasteiger partial charge in [-0.3, -0.25) is 13.8 Å². The molecule has 1 aliphatic rings. The zero-order valence-electron chi connectivity index (χ0n) is 39.8. The lowest BCUT2D eigenvalue weighted by Gasteiger charge is -2.41. The minimum Gasteiger partial charge on any atom is -0.393 e. The van der Waals surface area contributed by atoms with Gasteiger partial charge in [0, 0.05) is 0 Å². The normalized spacial score (nSPS) is 22.9. The zero-order valence-corrected chi connectivity index (χ0v) is 40.7. The molecule has 13 nitrogen and oxygen atoms in total. The molecule has 63 heavy (non-hydrogen) atoms. The molecule has 14 heteroatoms. The average molecular weight is 922 g/mol. The standard InChI is InChI=1S/C49H96NO12P/c1-3-5-7-9-11-13-15-17-19-20-21-22-23-25-27-29-31-33-35-37-42(52)41(39-61-63(59,60)62-49-47(57)45(55)44(54)46(56)48(49)58)50-43(53)38-40(51)36-34-32-30-28-26-24-18-16-14-12-10-8-6-4-2/h35,37,40-42,44-49,51-52,54-58H,3-34,36,38-39H2,1-2H3,(H,50,53)(H,59,60)/b37-35+. The third-order valence-corrected chi connectivity index (χ3v) is 13.6. The predicted octanol–water partition coefficient (Wildman–Crippen LogP) is 9.37. The maximum atomic E-state index is 13.0. The first kappa shape index (κ1) is 60.1. The second kappa shape index (κ2) is 39.1. The van der Waals surface area contributed by atoms with Crippen LogP contribution < -0.4 is 5.32 Å². The topological polar surface area (TPSA) is 226 Å². The smallest absolute Gasteiger partial charge is 0.393 e. The summed E-state index contributed by atoms with van der Waals surface area (Å²) < 4.78 is 22.9. The lowest BCUT2D eigenvalue weighted by Crippen LogP contribution is -2.64. The highest BCUT2D eigenvalue weighted by Crippen LogP contribution is 2.47. The molecule has 1 aliphatic carbocycles. The van der Waals surface area contributed by atoms with Crippen LogP contribution in [0, 0.1) is 0 Å². The Morgan fingerprint density at radius 1 is 0.556 bits per heavy atom. The highest BCUT2D eigenvalue weighted by Gasteiger charge is 2.51. The van der Waals surface area contributed by atoms with Crippen molar-refractivity contribution in [2.75, 3.05) is 6.61 Å². The molecular weight excluding hydrogens is 826 g/mol. The molecule has 0 heterocycles. The van der Waals surface area contributed by atoms with Crippen LogP contribution in [0.1, 0.15) is 232 Å². The summed E-state index contributed by atoms with van der Waals surface area (Å²) in [6.07, 6.45) is 28.6. The fourth-order valence-corrected chi connectivity index (χ4v) is 9.39. The molecule has 1 amide bonds. The lowest BCUT2D eigenvalue weighted by molar-refractivity contribution is -0.220. The summed E-state index contributed by atoms with van der Waals surface area (Å²) >= 11 is 0. The Balaban J connectivity index is 2.49. The molecule has 0 aromatic heterocycles. The molecule has 1 rings (SSSR count). The summed E-state index contributed by atoms with van der Waals surface area (Å²) in [4.78, 5) is 23.5. The number of carbonyl (C=O) groups is 1. The number of phosphoric ester groups is 1. The maximum absolute atomic E-state index is 13.0. The molecular formula is C49H96NO12P. The predicted molar refractivity (Wildman–Crippen MR) is 252 cm³/mol. The first-order chi connectivity index (χ1) is 30.3. The lowest BCUT2D eigenvalue weighted by atomic mass is 9.85. The van der Waals surface area contributed by atoms with E-state index in [0.29, 0.717) is 12.8 Å². The van der Waals surface area contributed by atoms with Crippen LogP contribution in [0.5, 0.6) is 0 Å². The molecule has 0 spiro atoms. The van der Waals surface area contributed by atoms with Crippen molar-refractivity contribution in [2.24, 2.45) is 0 Å². The van der Waals surface area contributed by atoms with Gasteiger partial charge < -0.3 is 46.0 Å². The monoisotopic (exact) mass is 922 g/mol. The van der Waals surface area contributed by atoms with Crippen molar-refractivity contribution >= 4 is 13.7 Å². The van der Waals surface area contributed by atoms with Crippen molar-refractivity contribution in [3.8, 4) is 0 Å². The van der Waals surface area contributed by atoms with E-state index in [4.69, 9.17) is 9.05 Å². The quantitative estimate of drug-likeness (QED) is 0.0158. The highest BCUT2D eigenvalue weighted by atomic mass is 31.2. The van der Waals surface area contributed by atoms with E-state index in [0.717, 1.165) is 44.9 Å². The number of rotatable bonds is 43. The third kappa shape index (κ3) is 30.9. The van der Waals surface area contributed by atoms with E-state index < -0.39 is 75.2 Å². The van der Waals surface area contributed by atoms with Gasteiger partial charge in [-0.2, -0.15) is 0 Å². The van der Waals surface area contributed by atoms with E-state index in [1.807, 2.05) is 0 Å². The van der Waals surface area contributed by atoms with Gasteiger partial charge in [-0.25, -0.2) is 4.57 Å². The van der Waals surface area contributed by atoms with Crippen molar-refractivity contribution < 1.29 is 59.0 Å². The fraction of sp³-hybridized carbons (Fsp3) is 0.939. The SMILES string of the molecule is CCCCCCCCCCCCCCCCCCC/C=C/C(O)C(COP(=O)(O)OC1C(O)C(O)C(O)C(O)C1O)NC(=O)CC(O)CCCCCCCCCCCCCCCC. The van der Waals surface area contributed by atoms with Crippen LogP contribution in [0.25, 0.3) is 0 Å². The number of unbranched alkanes of at least 4 members (excludes halogenated alkanes) is 30. The summed E-state index contributed by atoms with van der Waals surface area (Å²) in [6, 6.07) is -1.24. The second-order valence-electron chi connectivity index (χ2n) is 18.6. The zero-order chi connectivity index (χ0) is 46.6. The second-order valence-corrected chi connectivity index (χ2v) is 20.0. The molecule has 0 bridgehead atoms. The van der Waals surface area contributed by atoms with E-state index in [2.05, 4.69) is 19.2 Å². The number of aliphatic hydroxyl groups is 7. The Labute approximate surface area is 382 Å². The van der Waals surface area contributed by atoms with Crippen molar-refractivity contribution in [1.82, 2.24) is 5.32 Å². The van der Waals surface area contributed by atoms with Crippen LogP contribution in [0.2, 0.25) is 0 Å². The van der Waals surface area contributed by atoms with Crippen LogP contribution in [-0.2, 0) is 18.4 Å². The van der Waals surface area contributed by atoms with Crippen molar-refractivity contribution in [3.05, 3.63) is 12.2 Å². The Morgan fingerprint density at radius 2 is 0.905 bits per heavy atom. The molecule has 8 unspecified atom stereocenters. The number of aliphatic hydroxyl groups excluding tert-OH is 7. The minimum atomic E-state index is -5.14. The number of hydrogen-bond acceptors (Lipinski definition) is 11. The summed E-state index contributed by atoms with van der Waals surface area (Å²) in [5, 5.41) is 74.6. The van der Waals surface area contributed by atoms with Gasteiger partial charge in [0.2, 0.25) is 5.91 Å². The van der Waals surface area contributed by atoms with Crippen molar-refractivity contribution in [3.63, 3.8) is 0 Å². The largest absolute Gasteiger partial charge is 0.472 e. The van der Waals surface area contributed by atoms with Crippen LogP contribution in [0.4, 0.5) is 0 Å². The van der Waals surface area contributed by atoms with Gasteiger partial charge in [-0.05, 0) is 19.3 Å². The molecule has 0 aromatic carbocycles. The van der Waals surface area contributed by atoms with E-state index in [-0.39, 0.29) is 6.42 Å². The molecule has 9 N–H and O–H groups in total. The number of nitrogens with one attached hydrogen (secondary N) is 1. The molecule has 0 saturated heterocycles. The van der Waals surface area contributed by atoms with Gasteiger partial charge in [0.1, 0.15) is 36.6 Å². The maximum Gasteiger partial charge on any atom is 0.472 e. The Hall–Kier alpha value is -0.960. The van der Waals surface area contributed by atoms with Gasteiger partial charge >= 0.3 is 7.82 Å². The van der Waals surface area contributed by atoms with Gasteiger partial charge in [0.15, 0.2) is 0 Å². The molecule has 0 aromatic rings. The number of allylic oxidation sites excluding steroid dienone is 1. The van der Waals surface area contributed by atoms with E-state index in [1.165, 1.54) is 160 Å². The highest BCUT2D eigenvalue weighted by molar-refractivity contribution is 7.47. The molecule has 0 aliphatic heterocycles. The summed E-state index contributed by atoms with van der Waals surface area (Å²) in [5.41, 5.74) is 0. The van der Waals surface area contributed by atoms with Crippen LogP contribution in [0.3, 0.4) is 0 Å². The summed E-state index contributed by atoms with van der Waals surface area (Å²) in [6.45, 7) is 3.77. The molecule has 1 fully saturated rings. The van der Waals surface area contributed by atoms with Gasteiger partial charge in [0.05, 0.1) is 31.3 Å². The van der Waals surface area contributed by atoms with Crippen LogP contribution >= 0.6 is 7.82 Å². The van der Waals surface area contributed by atoms with Gasteiger partial charge in [-0.15, -0.1) is 0 Å². The molecule has 1 saturated carbocycles. The molecule has 8 atom stereocenters. The number of amides is 1. The Morgan fingerprint density at radius 3 is 1.30 bits per heavy atom. The van der Waals surface area contributed by atoms with Crippen LogP contribution in [-0.4, -0.2) is 108 Å². The molecule has 0 radical (unpaired) electrons. The number of carbonyl (C=O) groups excluding carboxylic acids is 1. The number of hydrogen-bond donors (Lipinski definition) is 9. The third-order valence-electron chi connectivity index (χ3n) is 12.6. The van der Waals surface area contributed by atoms with Crippen LogP contribution in [0.15, 0.2) is 12.2 Å². The Kier molecular flexibility index (Phi) is 37.3. The fourth-order valence-electron chi connectivity index (χ4n) is 8.42. The Bertz CT molecular complexity index is 1130. The first-order valence-corrected chi connectivity index (χ1v) is 27.2. The first-order valence-electron chi connectivity index (χ1n) is 25.7. The van der Waals surface area contributed by atoms with Crippen molar-refractivity contribution in [2.45, 2.75) is 287 Å². The summed E-state index contributed by atoms with van der Waals surface area (Å²) in [5.74, 6) is -0.589. The molecule has 374 valence electrons. The van der Waals surface area contributed by atoms with E-state index >= 15 is 0 Å². The average Bonchev–Trinajstić information content (AvgIpc) is 3.26. The minimum absolute atomic E-state index is 0.240. The van der Waals surface area contributed by atoms with E-state index in [9.17, 15) is 50.0 Å². The van der Waals surface area contributed by atoms with Crippen molar-refractivity contribution in [1.29, 1.82) is 0 Å².